The minimum Gasteiger partial charge on any atom is -0.388 e. The van der Waals surface area contributed by atoms with Crippen LogP contribution in [0.4, 0.5) is 0 Å². The van der Waals surface area contributed by atoms with Crippen LogP contribution in [0.25, 0.3) is 4.96 Å². The molecule has 0 aliphatic rings. The van der Waals surface area contributed by atoms with Crippen LogP contribution in [0.3, 0.4) is 0 Å². The molecule has 0 amide bonds. The smallest absolute Gasteiger partial charge is 0.193 e. The number of fused-ring (bicyclic) bond motifs is 1. The van der Waals surface area contributed by atoms with Crippen LogP contribution in [0.5, 0.6) is 0 Å². The Morgan fingerprint density at radius 3 is 2.86 bits per heavy atom. The summed E-state index contributed by atoms with van der Waals surface area (Å²) in [5.74, 6) is 0.207. The van der Waals surface area contributed by atoms with Crippen molar-refractivity contribution in [3.63, 3.8) is 0 Å². The molecule has 112 valence electrons. The quantitative estimate of drug-likeness (QED) is 0.802. The molecule has 3 heterocycles. The third kappa shape index (κ3) is 2.59. The second-order valence-corrected chi connectivity index (χ2v) is 6.64. The van der Waals surface area contributed by atoms with Crippen molar-refractivity contribution in [3.05, 3.63) is 39.9 Å². The highest BCUT2D eigenvalue weighted by Crippen LogP contribution is 2.32. The van der Waals surface area contributed by atoms with Gasteiger partial charge in [0.25, 0.3) is 0 Å². The summed E-state index contributed by atoms with van der Waals surface area (Å²) >= 11 is 7.87. The van der Waals surface area contributed by atoms with Gasteiger partial charge < -0.3 is 5.11 Å². The van der Waals surface area contributed by atoms with E-state index in [0.29, 0.717) is 17.1 Å². The molecule has 1 unspecified atom stereocenters. The van der Waals surface area contributed by atoms with Gasteiger partial charge in [0.15, 0.2) is 4.96 Å². The number of hydrogen-bond acceptors (Lipinski definition) is 4. The first-order valence-corrected chi connectivity index (χ1v) is 8.04. The largest absolute Gasteiger partial charge is 0.388 e. The Morgan fingerprint density at radius 1 is 1.43 bits per heavy atom. The van der Waals surface area contributed by atoms with Crippen molar-refractivity contribution in [1.82, 2.24) is 19.2 Å². The van der Waals surface area contributed by atoms with Gasteiger partial charge in [-0.3, -0.25) is 9.08 Å². The zero-order valence-corrected chi connectivity index (χ0v) is 13.7. The van der Waals surface area contributed by atoms with Crippen LogP contribution in [-0.4, -0.2) is 24.3 Å². The van der Waals surface area contributed by atoms with Crippen molar-refractivity contribution in [3.8, 4) is 0 Å². The van der Waals surface area contributed by atoms with Crippen molar-refractivity contribution in [2.45, 2.75) is 32.3 Å². The van der Waals surface area contributed by atoms with Crippen molar-refractivity contribution < 1.29 is 5.11 Å². The Labute approximate surface area is 131 Å². The van der Waals surface area contributed by atoms with E-state index in [1.54, 1.807) is 23.1 Å². The lowest BCUT2D eigenvalue weighted by Gasteiger charge is -2.12. The van der Waals surface area contributed by atoms with Gasteiger partial charge in [-0.15, -0.1) is 11.3 Å². The number of imidazole rings is 1. The van der Waals surface area contributed by atoms with E-state index < -0.39 is 6.10 Å². The number of aromatic nitrogens is 4. The number of rotatable bonds is 4. The topological polar surface area (TPSA) is 55.3 Å². The molecule has 0 saturated carbocycles. The molecule has 0 aromatic carbocycles. The molecule has 21 heavy (non-hydrogen) atoms. The lowest BCUT2D eigenvalue weighted by atomic mass is 10.00. The van der Waals surface area contributed by atoms with Crippen LogP contribution in [-0.2, 0) is 13.5 Å². The maximum Gasteiger partial charge on any atom is 0.193 e. The molecule has 0 spiro atoms. The summed E-state index contributed by atoms with van der Waals surface area (Å²) in [6, 6.07) is 0. The van der Waals surface area contributed by atoms with Crippen LogP contribution in [0, 0.1) is 0 Å². The summed E-state index contributed by atoms with van der Waals surface area (Å²) < 4.78 is 3.57. The van der Waals surface area contributed by atoms with Gasteiger partial charge in [0.2, 0.25) is 0 Å². The number of nitrogens with zero attached hydrogens (tertiary/aromatic N) is 4. The molecule has 0 saturated heterocycles. The van der Waals surface area contributed by atoms with Gasteiger partial charge >= 0.3 is 0 Å². The Balaban J connectivity index is 1.91. The zero-order valence-electron chi connectivity index (χ0n) is 12.1. The van der Waals surface area contributed by atoms with Crippen molar-refractivity contribution >= 4 is 27.9 Å². The summed E-state index contributed by atoms with van der Waals surface area (Å²) in [4.78, 5) is 5.43. The Hall–Kier alpha value is -1.37. The monoisotopic (exact) mass is 324 g/mol. The molecular weight excluding hydrogens is 308 g/mol. The number of thiazole rings is 1. The molecule has 0 bridgehead atoms. The molecule has 5 nitrogen and oxygen atoms in total. The van der Waals surface area contributed by atoms with E-state index in [9.17, 15) is 5.11 Å². The summed E-state index contributed by atoms with van der Waals surface area (Å²) in [5, 5.41) is 17.5. The minimum absolute atomic E-state index is 0.207. The second-order valence-electron chi connectivity index (χ2n) is 5.41. The van der Waals surface area contributed by atoms with E-state index in [1.807, 2.05) is 36.0 Å². The fourth-order valence-corrected chi connectivity index (χ4v) is 3.43. The van der Waals surface area contributed by atoms with Gasteiger partial charge in [-0.1, -0.05) is 25.4 Å². The standard InChI is InChI=1S/C14H17ClN4OS/c1-8(2)12-11(13(15)18(3)17-12)10(20)6-9-7-19-4-5-21-14(19)16-9/h4-5,7-8,10,20H,6H2,1-3H3. The number of halogens is 1. The Bertz CT molecular complexity index is 745. The van der Waals surface area contributed by atoms with Crippen LogP contribution < -0.4 is 0 Å². The molecule has 0 radical (unpaired) electrons. The number of hydrogen-bond donors (Lipinski definition) is 1. The second kappa shape index (κ2) is 5.44. The molecule has 1 atom stereocenters. The van der Waals surface area contributed by atoms with E-state index in [1.165, 1.54) is 0 Å². The van der Waals surface area contributed by atoms with Crippen molar-refractivity contribution in [2.75, 3.05) is 0 Å². The Kier molecular flexibility index (Phi) is 3.77. The van der Waals surface area contributed by atoms with E-state index in [2.05, 4.69) is 10.1 Å². The first-order chi connectivity index (χ1) is 9.97. The number of aryl methyl sites for hydroxylation is 1. The van der Waals surface area contributed by atoms with Gasteiger partial charge in [-0.05, 0) is 5.92 Å². The minimum atomic E-state index is -0.701. The predicted octanol–water partition coefficient (Wildman–Crippen LogP) is 3.18. The van der Waals surface area contributed by atoms with Crippen molar-refractivity contribution in [1.29, 1.82) is 0 Å². The fourth-order valence-electron chi connectivity index (χ4n) is 2.45. The normalized spacial score (nSPS) is 13.4. The zero-order chi connectivity index (χ0) is 15.1. The summed E-state index contributed by atoms with van der Waals surface area (Å²) in [6.07, 6.45) is 3.63. The van der Waals surface area contributed by atoms with Gasteiger partial charge in [0.1, 0.15) is 5.15 Å². The fraction of sp³-hybridized carbons (Fsp3) is 0.429. The van der Waals surface area contributed by atoms with Crippen LogP contribution >= 0.6 is 22.9 Å². The highest BCUT2D eigenvalue weighted by atomic mass is 35.5. The molecule has 0 fully saturated rings. The van der Waals surface area contributed by atoms with Crippen LogP contribution in [0.2, 0.25) is 5.15 Å². The number of aliphatic hydroxyl groups is 1. The summed E-state index contributed by atoms with van der Waals surface area (Å²) in [5.41, 5.74) is 2.41. The van der Waals surface area contributed by atoms with Gasteiger partial charge in [0, 0.05) is 36.8 Å². The third-order valence-electron chi connectivity index (χ3n) is 3.47. The SMILES string of the molecule is CC(C)c1nn(C)c(Cl)c1C(O)Cc1cn2ccsc2n1. The first-order valence-electron chi connectivity index (χ1n) is 6.78. The highest BCUT2D eigenvalue weighted by molar-refractivity contribution is 7.15. The van der Waals surface area contributed by atoms with Gasteiger partial charge in [-0.2, -0.15) is 5.10 Å². The highest BCUT2D eigenvalue weighted by Gasteiger charge is 2.24. The number of aliphatic hydroxyl groups excluding tert-OH is 1. The molecule has 3 rings (SSSR count). The summed E-state index contributed by atoms with van der Waals surface area (Å²) in [6.45, 7) is 4.09. The first kappa shape index (κ1) is 14.6. The third-order valence-corrected chi connectivity index (χ3v) is 4.68. The van der Waals surface area contributed by atoms with Gasteiger partial charge in [0.05, 0.1) is 17.5 Å². The summed E-state index contributed by atoms with van der Waals surface area (Å²) in [7, 11) is 1.79. The van der Waals surface area contributed by atoms with Crippen LogP contribution in [0.1, 0.15) is 42.8 Å². The molecule has 7 heteroatoms. The molecule has 1 N–H and O–H groups in total. The van der Waals surface area contributed by atoms with Crippen molar-refractivity contribution in [2.24, 2.45) is 7.05 Å². The lowest BCUT2D eigenvalue weighted by molar-refractivity contribution is 0.176. The van der Waals surface area contributed by atoms with E-state index in [-0.39, 0.29) is 5.92 Å². The molecular formula is C14H17ClN4OS. The molecule has 0 aliphatic carbocycles. The molecule has 0 aliphatic heterocycles. The maximum atomic E-state index is 10.6. The van der Waals surface area contributed by atoms with E-state index >= 15 is 0 Å². The van der Waals surface area contributed by atoms with Crippen LogP contribution in [0.15, 0.2) is 17.8 Å². The van der Waals surface area contributed by atoms with E-state index in [4.69, 9.17) is 11.6 Å². The molecule has 3 aromatic rings. The van der Waals surface area contributed by atoms with Gasteiger partial charge in [-0.25, -0.2) is 4.98 Å². The lowest BCUT2D eigenvalue weighted by Crippen LogP contribution is -2.06. The van der Waals surface area contributed by atoms with E-state index in [0.717, 1.165) is 16.3 Å². The molecule has 3 aromatic heterocycles. The predicted molar refractivity (Wildman–Crippen MR) is 84.0 cm³/mol. The average molecular weight is 325 g/mol. The Morgan fingerprint density at radius 2 is 2.19 bits per heavy atom. The average Bonchev–Trinajstić information content (AvgIpc) is 3.04. The maximum absolute atomic E-state index is 10.6.